The lowest BCUT2D eigenvalue weighted by Crippen LogP contribution is -2.32. The summed E-state index contributed by atoms with van der Waals surface area (Å²) in [5, 5.41) is 3.69. The first kappa shape index (κ1) is 20.2. The fraction of sp³-hybridized carbons (Fsp3) is 0.208. The van der Waals surface area contributed by atoms with Crippen LogP contribution in [0.1, 0.15) is 34.3 Å². The van der Waals surface area contributed by atoms with Crippen molar-refractivity contribution in [1.29, 1.82) is 0 Å². The average Bonchev–Trinajstić information content (AvgIpc) is 2.85. The summed E-state index contributed by atoms with van der Waals surface area (Å²) in [5.74, 6) is -0.126. The molecule has 2 heterocycles. The van der Waals surface area contributed by atoms with E-state index in [1.807, 2.05) is 62.4 Å². The molecule has 1 N–H and O–H groups in total. The van der Waals surface area contributed by atoms with Gasteiger partial charge in [-0.05, 0) is 56.2 Å². The van der Waals surface area contributed by atoms with Gasteiger partial charge in [0.2, 0.25) is 5.91 Å². The molecule has 30 heavy (non-hydrogen) atoms. The molecule has 0 bridgehead atoms. The zero-order valence-electron chi connectivity index (χ0n) is 17.0. The first-order valence-electron chi connectivity index (χ1n) is 9.94. The van der Waals surface area contributed by atoms with Gasteiger partial charge in [-0.25, -0.2) is 4.98 Å². The van der Waals surface area contributed by atoms with Crippen molar-refractivity contribution >= 4 is 35.0 Å². The van der Waals surface area contributed by atoms with E-state index in [9.17, 15) is 9.59 Å². The molecule has 6 heteroatoms. The monoisotopic (exact) mass is 417 g/mol. The number of hydrogen-bond acceptors (Lipinski definition) is 4. The van der Waals surface area contributed by atoms with Crippen LogP contribution in [-0.4, -0.2) is 23.3 Å². The summed E-state index contributed by atoms with van der Waals surface area (Å²) in [6.07, 6.45) is 2.61. The second-order valence-electron chi connectivity index (χ2n) is 7.35. The Morgan fingerprint density at radius 3 is 2.77 bits per heavy atom. The molecular formula is C24H23N3O2S. The molecule has 1 aromatic heterocycles. The van der Waals surface area contributed by atoms with E-state index in [4.69, 9.17) is 0 Å². The normalized spacial score (nSPS) is 12.7. The summed E-state index contributed by atoms with van der Waals surface area (Å²) in [6.45, 7) is 4.48. The highest BCUT2D eigenvalue weighted by Crippen LogP contribution is 2.40. The van der Waals surface area contributed by atoms with Crippen molar-refractivity contribution in [3.05, 3.63) is 77.5 Å². The first-order chi connectivity index (χ1) is 14.5. The summed E-state index contributed by atoms with van der Waals surface area (Å²) in [5.41, 5.74) is 4.49. The van der Waals surface area contributed by atoms with Crippen LogP contribution in [-0.2, 0) is 4.79 Å². The van der Waals surface area contributed by atoms with E-state index >= 15 is 0 Å². The highest BCUT2D eigenvalue weighted by molar-refractivity contribution is 7.99. The first-order valence-corrected chi connectivity index (χ1v) is 10.8. The summed E-state index contributed by atoms with van der Waals surface area (Å²) in [7, 11) is 0. The number of rotatable bonds is 5. The highest BCUT2D eigenvalue weighted by Gasteiger charge is 2.27. The molecule has 0 saturated heterocycles. The minimum Gasteiger partial charge on any atom is -0.326 e. The van der Waals surface area contributed by atoms with Gasteiger partial charge in [0.1, 0.15) is 5.03 Å². The molecular weight excluding hydrogens is 394 g/mol. The van der Waals surface area contributed by atoms with Crippen LogP contribution in [0.5, 0.6) is 0 Å². The van der Waals surface area contributed by atoms with Crippen LogP contribution in [0.3, 0.4) is 0 Å². The molecule has 2 aromatic carbocycles. The summed E-state index contributed by atoms with van der Waals surface area (Å²) in [6, 6.07) is 17.4. The molecule has 5 nitrogen and oxygen atoms in total. The van der Waals surface area contributed by atoms with Crippen molar-refractivity contribution in [2.24, 2.45) is 0 Å². The number of carbonyl (C=O) groups excluding carboxylic acids is 2. The number of amides is 2. The van der Waals surface area contributed by atoms with Crippen LogP contribution in [0.2, 0.25) is 0 Å². The maximum absolute atomic E-state index is 13.2. The molecule has 0 spiro atoms. The van der Waals surface area contributed by atoms with Gasteiger partial charge in [-0.15, -0.1) is 0 Å². The number of pyridine rings is 1. The average molecular weight is 418 g/mol. The number of nitrogens with one attached hydrogen (secondary N) is 1. The zero-order chi connectivity index (χ0) is 21.1. The van der Waals surface area contributed by atoms with E-state index in [0.717, 1.165) is 27.4 Å². The minimum absolute atomic E-state index is 0.0473. The summed E-state index contributed by atoms with van der Waals surface area (Å²) < 4.78 is 0. The van der Waals surface area contributed by atoms with Gasteiger partial charge in [0.05, 0.1) is 11.3 Å². The zero-order valence-corrected chi connectivity index (χ0v) is 17.8. The largest absolute Gasteiger partial charge is 0.326 e. The van der Waals surface area contributed by atoms with Crippen molar-refractivity contribution in [2.45, 2.75) is 36.6 Å². The van der Waals surface area contributed by atoms with E-state index in [1.54, 1.807) is 17.2 Å². The van der Waals surface area contributed by atoms with E-state index < -0.39 is 0 Å². The van der Waals surface area contributed by atoms with Crippen molar-refractivity contribution in [3.63, 3.8) is 0 Å². The molecule has 0 saturated carbocycles. The smallest absolute Gasteiger partial charge is 0.261 e. The Hall–Kier alpha value is -3.12. The molecule has 2 amide bonds. The topological polar surface area (TPSA) is 62.3 Å². The number of benzene rings is 2. The van der Waals surface area contributed by atoms with Gasteiger partial charge >= 0.3 is 0 Å². The van der Waals surface area contributed by atoms with Gasteiger partial charge in [-0.3, -0.25) is 9.59 Å². The number of anilines is 2. The maximum atomic E-state index is 13.2. The van der Waals surface area contributed by atoms with E-state index in [-0.39, 0.29) is 11.8 Å². The fourth-order valence-corrected chi connectivity index (χ4v) is 4.56. The second-order valence-corrected chi connectivity index (χ2v) is 8.38. The standard InChI is InChI=1S/C24H23N3O2S/c1-16-11-12-19(17(2)15-16)26-22(28)10-6-14-27-20-8-3-4-9-21(20)30-23-18(24(27)29)7-5-13-25-23/h3-5,7-9,11-13,15H,6,10,14H2,1-2H3,(H,26,28). The molecule has 4 rings (SSSR count). The number of hydrogen-bond donors (Lipinski definition) is 1. The summed E-state index contributed by atoms with van der Waals surface area (Å²) >= 11 is 1.50. The highest BCUT2D eigenvalue weighted by atomic mass is 32.2. The molecule has 0 fully saturated rings. The van der Waals surface area contributed by atoms with Crippen molar-refractivity contribution in [1.82, 2.24) is 4.98 Å². The Kier molecular flexibility index (Phi) is 5.86. The van der Waals surface area contributed by atoms with Gasteiger partial charge < -0.3 is 10.2 Å². The van der Waals surface area contributed by atoms with Gasteiger partial charge in [-0.2, -0.15) is 0 Å². The molecule has 1 aliphatic heterocycles. The molecule has 1 aliphatic rings. The Morgan fingerprint density at radius 1 is 1.10 bits per heavy atom. The van der Waals surface area contributed by atoms with Crippen LogP contribution in [0.25, 0.3) is 0 Å². The van der Waals surface area contributed by atoms with Crippen LogP contribution in [0.4, 0.5) is 11.4 Å². The van der Waals surface area contributed by atoms with Crippen LogP contribution < -0.4 is 10.2 Å². The fourth-order valence-electron chi connectivity index (χ4n) is 3.55. The Labute approximate surface area is 180 Å². The minimum atomic E-state index is -0.0784. The third-order valence-corrected chi connectivity index (χ3v) is 6.13. The van der Waals surface area contributed by atoms with Crippen LogP contribution in [0.15, 0.2) is 70.7 Å². The lowest BCUT2D eigenvalue weighted by atomic mass is 10.1. The lowest BCUT2D eigenvalue weighted by molar-refractivity contribution is -0.116. The number of aryl methyl sites for hydroxylation is 2. The second kappa shape index (κ2) is 8.71. The van der Waals surface area contributed by atoms with Crippen LogP contribution >= 0.6 is 11.8 Å². The van der Waals surface area contributed by atoms with Crippen LogP contribution in [0, 0.1) is 13.8 Å². The number of fused-ring (bicyclic) bond motifs is 2. The SMILES string of the molecule is Cc1ccc(NC(=O)CCCN2C(=O)c3cccnc3Sc3ccccc32)c(C)c1. The predicted octanol–water partition coefficient (Wildman–Crippen LogP) is 5.23. The van der Waals surface area contributed by atoms with E-state index in [2.05, 4.69) is 10.3 Å². The third kappa shape index (κ3) is 4.24. The third-order valence-electron chi connectivity index (χ3n) is 5.05. The predicted molar refractivity (Wildman–Crippen MR) is 120 cm³/mol. The molecule has 0 atom stereocenters. The van der Waals surface area contributed by atoms with Gasteiger partial charge in [0.15, 0.2) is 0 Å². The summed E-state index contributed by atoms with van der Waals surface area (Å²) in [4.78, 5) is 32.8. The maximum Gasteiger partial charge on any atom is 0.261 e. The van der Waals surface area contributed by atoms with Crippen molar-refractivity contribution < 1.29 is 9.59 Å². The molecule has 3 aromatic rings. The molecule has 152 valence electrons. The Bertz CT molecular complexity index is 1110. The Morgan fingerprint density at radius 2 is 1.93 bits per heavy atom. The lowest BCUT2D eigenvalue weighted by Gasteiger charge is -2.22. The molecule has 0 aliphatic carbocycles. The van der Waals surface area contributed by atoms with Gasteiger partial charge in [0, 0.05) is 29.7 Å². The van der Waals surface area contributed by atoms with E-state index in [1.165, 1.54) is 11.8 Å². The van der Waals surface area contributed by atoms with Gasteiger partial charge in [-0.1, -0.05) is 41.6 Å². The number of para-hydroxylation sites is 1. The van der Waals surface area contributed by atoms with E-state index in [0.29, 0.717) is 30.0 Å². The molecule has 0 radical (unpaired) electrons. The number of carbonyl (C=O) groups is 2. The molecule has 0 unspecified atom stereocenters. The van der Waals surface area contributed by atoms with Gasteiger partial charge in [0.25, 0.3) is 5.91 Å². The van der Waals surface area contributed by atoms with Crippen molar-refractivity contribution in [3.8, 4) is 0 Å². The quantitative estimate of drug-likeness (QED) is 0.618. The number of aromatic nitrogens is 1. The Balaban J connectivity index is 1.47. The number of nitrogens with zero attached hydrogens (tertiary/aromatic N) is 2. The van der Waals surface area contributed by atoms with Crippen molar-refractivity contribution in [2.75, 3.05) is 16.8 Å².